The molecule has 2 aromatic heterocycles. The first-order valence-electron chi connectivity index (χ1n) is 6.30. The van der Waals surface area contributed by atoms with Crippen molar-refractivity contribution >= 4 is 11.6 Å². The molecule has 2 rings (SSSR count). The summed E-state index contributed by atoms with van der Waals surface area (Å²) in [5, 5.41) is 8.37. The van der Waals surface area contributed by atoms with Gasteiger partial charge in [-0.15, -0.1) is 5.10 Å². The third-order valence-corrected chi connectivity index (χ3v) is 3.05. The van der Waals surface area contributed by atoms with Crippen molar-refractivity contribution in [2.75, 3.05) is 6.54 Å². The zero-order valence-corrected chi connectivity index (χ0v) is 11.9. The molecule has 2 aromatic rings. The van der Waals surface area contributed by atoms with Gasteiger partial charge in [-0.25, -0.2) is 0 Å². The van der Waals surface area contributed by atoms with Crippen LogP contribution in [0.2, 0.25) is 5.15 Å². The SMILES string of the molecule is CCN(Cc1ccc(Cl)nn1)Cc1cccc(C)n1. The fourth-order valence-corrected chi connectivity index (χ4v) is 1.95. The van der Waals surface area contributed by atoms with E-state index in [2.05, 4.69) is 27.0 Å². The fraction of sp³-hybridized carbons (Fsp3) is 0.357. The standard InChI is InChI=1S/C14H17ClN4/c1-3-19(9-12-6-4-5-11(2)16-12)10-13-7-8-14(15)18-17-13/h4-8H,3,9-10H2,1-2H3. The van der Waals surface area contributed by atoms with Crippen molar-refractivity contribution in [1.82, 2.24) is 20.1 Å². The molecular weight excluding hydrogens is 260 g/mol. The van der Waals surface area contributed by atoms with Crippen LogP contribution in [-0.2, 0) is 13.1 Å². The number of halogens is 1. The molecule has 0 aromatic carbocycles. The van der Waals surface area contributed by atoms with E-state index < -0.39 is 0 Å². The molecule has 0 amide bonds. The molecule has 4 nitrogen and oxygen atoms in total. The van der Waals surface area contributed by atoms with Crippen LogP contribution in [0, 0.1) is 6.92 Å². The highest BCUT2D eigenvalue weighted by molar-refractivity contribution is 6.29. The largest absolute Gasteiger partial charge is 0.292 e. The van der Waals surface area contributed by atoms with Crippen molar-refractivity contribution in [2.45, 2.75) is 26.9 Å². The Hall–Kier alpha value is -1.52. The Morgan fingerprint density at radius 2 is 1.84 bits per heavy atom. The van der Waals surface area contributed by atoms with Gasteiger partial charge in [0.15, 0.2) is 5.15 Å². The second-order valence-electron chi connectivity index (χ2n) is 4.42. The summed E-state index contributed by atoms with van der Waals surface area (Å²) < 4.78 is 0. The molecular formula is C14H17ClN4. The zero-order valence-electron chi connectivity index (χ0n) is 11.2. The number of hydrogen-bond donors (Lipinski definition) is 0. The number of pyridine rings is 1. The van der Waals surface area contributed by atoms with Crippen LogP contribution in [0.15, 0.2) is 30.3 Å². The summed E-state index contributed by atoms with van der Waals surface area (Å²) in [6.07, 6.45) is 0. The Labute approximate surface area is 118 Å². The van der Waals surface area contributed by atoms with Crippen molar-refractivity contribution in [3.63, 3.8) is 0 Å². The minimum absolute atomic E-state index is 0.423. The molecule has 5 heteroatoms. The van der Waals surface area contributed by atoms with Gasteiger partial charge in [-0.05, 0) is 37.7 Å². The molecule has 0 atom stereocenters. The molecule has 0 unspecified atom stereocenters. The van der Waals surface area contributed by atoms with Crippen LogP contribution >= 0.6 is 11.6 Å². The van der Waals surface area contributed by atoms with Crippen molar-refractivity contribution in [2.24, 2.45) is 0 Å². The third-order valence-electron chi connectivity index (χ3n) is 2.85. The van der Waals surface area contributed by atoms with Gasteiger partial charge < -0.3 is 0 Å². The molecule has 0 aliphatic heterocycles. The normalized spacial score (nSPS) is 10.9. The number of aromatic nitrogens is 3. The fourth-order valence-electron chi connectivity index (χ4n) is 1.85. The van der Waals surface area contributed by atoms with E-state index in [4.69, 9.17) is 11.6 Å². The first-order valence-corrected chi connectivity index (χ1v) is 6.68. The molecule has 0 radical (unpaired) electrons. The first-order chi connectivity index (χ1) is 9.17. The molecule has 2 heterocycles. The molecule has 0 spiro atoms. The lowest BCUT2D eigenvalue weighted by Crippen LogP contribution is -2.23. The van der Waals surface area contributed by atoms with E-state index in [0.717, 1.165) is 36.7 Å². The van der Waals surface area contributed by atoms with E-state index in [1.165, 1.54) is 0 Å². The quantitative estimate of drug-likeness (QED) is 0.842. The average Bonchev–Trinajstić information content (AvgIpc) is 2.40. The van der Waals surface area contributed by atoms with E-state index >= 15 is 0 Å². The van der Waals surface area contributed by atoms with Crippen molar-refractivity contribution < 1.29 is 0 Å². The van der Waals surface area contributed by atoms with E-state index in [1.807, 2.05) is 31.2 Å². The first kappa shape index (κ1) is 13.9. The summed E-state index contributed by atoms with van der Waals surface area (Å²) in [5.74, 6) is 0. The van der Waals surface area contributed by atoms with Crippen molar-refractivity contribution in [3.8, 4) is 0 Å². The highest BCUT2D eigenvalue weighted by atomic mass is 35.5. The Balaban J connectivity index is 2.02. The van der Waals surface area contributed by atoms with Crippen molar-refractivity contribution in [1.29, 1.82) is 0 Å². The van der Waals surface area contributed by atoms with Gasteiger partial charge in [0.25, 0.3) is 0 Å². The van der Waals surface area contributed by atoms with Gasteiger partial charge in [-0.2, -0.15) is 5.10 Å². The number of hydrogen-bond acceptors (Lipinski definition) is 4. The van der Waals surface area contributed by atoms with Crippen molar-refractivity contribution in [3.05, 3.63) is 52.6 Å². The summed E-state index contributed by atoms with van der Waals surface area (Å²) in [4.78, 5) is 6.78. The highest BCUT2D eigenvalue weighted by Crippen LogP contribution is 2.08. The van der Waals surface area contributed by atoms with Gasteiger partial charge in [0.05, 0.1) is 11.4 Å². The van der Waals surface area contributed by atoms with Gasteiger partial charge in [-0.3, -0.25) is 9.88 Å². The molecule has 0 saturated carbocycles. The molecule has 19 heavy (non-hydrogen) atoms. The summed E-state index contributed by atoms with van der Waals surface area (Å²) >= 11 is 5.73. The lowest BCUT2D eigenvalue weighted by molar-refractivity contribution is 0.264. The predicted molar refractivity (Wildman–Crippen MR) is 75.8 cm³/mol. The summed E-state index contributed by atoms with van der Waals surface area (Å²) in [6, 6.07) is 9.76. The maximum absolute atomic E-state index is 5.73. The molecule has 0 fully saturated rings. The minimum atomic E-state index is 0.423. The van der Waals surface area contributed by atoms with Crippen LogP contribution in [0.4, 0.5) is 0 Å². The van der Waals surface area contributed by atoms with E-state index in [-0.39, 0.29) is 0 Å². The summed E-state index contributed by atoms with van der Waals surface area (Å²) in [5.41, 5.74) is 3.03. The number of rotatable bonds is 5. The average molecular weight is 277 g/mol. The van der Waals surface area contributed by atoms with Crippen LogP contribution in [0.25, 0.3) is 0 Å². The van der Waals surface area contributed by atoms with Crippen LogP contribution < -0.4 is 0 Å². The second kappa shape index (κ2) is 6.59. The Kier molecular flexibility index (Phi) is 4.82. The Morgan fingerprint density at radius 3 is 2.47 bits per heavy atom. The van der Waals surface area contributed by atoms with Gasteiger partial charge in [0.2, 0.25) is 0 Å². The van der Waals surface area contributed by atoms with Crippen LogP contribution in [-0.4, -0.2) is 26.6 Å². The monoisotopic (exact) mass is 276 g/mol. The number of nitrogens with zero attached hydrogens (tertiary/aromatic N) is 4. The predicted octanol–water partition coefficient (Wildman–Crippen LogP) is 2.86. The molecule has 0 saturated heterocycles. The lowest BCUT2D eigenvalue weighted by atomic mass is 10.2. The molecule has 0 aliphatic rings. The van der Waals surface area contributed by atoms with Gasteiger partial charge in [0.1, 0.15) is 0 Å². The highest BCUT2D eigenvalue weighted by Gasteiger charge is 2.07. The van der Waals surface area contributed by atoms with E-state index in [1.54, 1.807) is 6.07 Å². The zero-order chi connectivity index (χ0) is 13.7. The summed E-state index contributed by atoms with van der Waals surface area (Å²) in [7, 11) is 0. The summed E-state index contributed by atoms with van der Waals surface area (Å²) in [6.45, 7) is 6.61. The van der Waals surface area contributed by atoms with Gasteiger partial charge in [-0.1, -0.05) is 24.6 Å². The van der Waals surface area contributed by atoms with Crippen LogP contribution in [0.1, 0.15) is 24.0 Å². The second-order valence-corrected chi connectivity index (χ2v) is 4.81. The van der Waals surface area contributed by atoms with Crippen LogP contribution in [0.3, 0.4) is 0 Å². The molecule has 0 bridgehead atoms. The molecule has 0 N–H and O–H groups in total. The molecule has 0 aliphatic carbocycles. The Morgan fingerprint density at radius 1 is 1.05 bits per heavy atom. The van der Waals surface area contributed by atoms with Gasteiger partial charge in [0, 0.05) is 18.8 Å². The minimum Gasteiger partial charge on any atom is -0.292 e. The topological polar surface area (TPSA) is 41.9 Å². The maximum Gasteiger partial charge on any atom is 0.151 e. The Bertz CT molecular complexity index is 527. The van der Waals surface area contributed by atoms with E-state index in [0.29, 0.717) is 5.15 Å². The maximum atomic E-state index is 5.73. The lowest BCUT2D eigenvalue weighted by Gasteiger charge is -2.19. The van der Waals surface area contributed by atoms with Gasteiger partial charge >= 0.3 is 0 Å². The molecule has 100 valence electrons. The number of aryl methyl sites for hydroxylation is 1. The smallest absolute Gasteiger partial charge is 0.151 e. The van der Waals surface area contributed by atoms with Crippen LogP contribution in [0.5, 0.6) is 0 Å². The third kappa shape index (κ3) is 4.26. The van der Waals surface area contributed by atoms with E-state index in [9.17, 15) is 0 Å².